The van der Waals surface area contributed by atoms with Crippen LogP contribution in [0.15, 0.2) is 51.6 Å². The van der Waals surface area contributed by atoms with Crippen LogP contribution in [-0.2, 0) is 17.1 Å². The van der Waals surface area contributed by atoms with Gasteiger partial charge in [0.15, 0.2) is 10.5 Å². The van der Waals surface area contributed by atoms with Crippen molar-refractivity contribution in [1.82, 2.24) is 14.1 Å². The van der Waals surface area contributed by atoms with Crippen molar-refractivity contribution in [3.8, 4) is 0 Å². The van der Waals surface area contributed by atoms with Crippen molar-refractivity contribution < 1.29 is 21.6 Å². The van der Waals surface area contributed by atoms with E-state index in [1.54, 1.807) is 0 Å². The summed E-state index contributed by atoms with van der Waals surface area (Å²) in [6.07, 6.45) is -4.86. The van der Waals surface area contributed by atoms with E-state index in [-0.39, 0.29) is 20.4 Å². The van der Waals surface area contributed by atoms with E-state index in [9.17, 15) is 21.6 Å². The van der Waals surface area contributed by atoms with E-state index in [0.29, 0.717) is 0 Å². The van der Waals surface area contributed by atoms with Gasteiger partial charge in [0.25, 0.3) is 10.0 Å². The summed E-state index contributed by atoms with van der Waals surface area (Å²) in [5.41, 5.74) is -0.0958. The summed E-state index contributed by atoms with van der Waals surface area (Å²) in [5.74, 6) is 0. The third kappa shape index (κ3) is 4.54. The zero-order valence-electron chi connectivity index (χ0n) is 14.2. The fourth-order valence-electron chi connectivity index (χ4n) is 2.33. The lowest BCUT2D eigenvalue weighted by atomic mass is 10.1. The molecule has 0 radical (unpaired) electrons. The van der Waals surface area contributed by atoms with Gasteiger partial charge in [0, 0.05) is 25.8 Å². The summed E-state index contributed by atoms with van der Waals surface area (Å²) in [6, 6.07) is 4.65. The van der Waals surface area contributed by atoms with Gasteiger partial charge in [0.2, 0.25) is 0 Å². The minimum absolute atomic E-state index is 0.177. The first kappa shape index (κ1) is 21.1. The molecule has 0 saturated heterocycles. The Balaban J connectivity index is 2.55. The fraction of sp³-hybridized carbons (Fsp3) is 0.267. The number of sulfonamides is 1. The summed E-state index contributed by atoms with van der Waals surface area (Å²) < 4.78 is 67.7. The highest BCUT2D eigenvalue weighted by Gasteiger charge is 2.48. The van der Waals surface area contributed by atoms with Crippen LogP contribution in [0.1, 0.15) is 11.6 Å². The second-order valence-electron chi connectivity index (χ2n) is 5.41. The second kappa shape index (κ2) is 7.79. The maximum atomic E-state index is 13.6. The van der Waals surface area contributed by atoms with Crippen LogP contribution < -0.4 is 5.49 Å². The van der Waals surface area contributed by atoms with Crippen molar-refractivity contribution in [1.29, 1.82) is 0 Å². The molecule has 27 heavy (non-hydrogen) atoms. The van der Waals surface area contributed by atoms with E-state index in [0.717, 1.165) is 29.9 Å². The Morgan fingerprint density at radius 2 is 1.81 bits per heavy atom. The summed E-state index contributed by atoms with van der Waals surface area (Å²) in [5, 5.41) is 10.3. The highest BCUT2D eigenvalue weighted by molar-refractivity contribution is 7.89. The molecular weight excluding hydrogens is 407 g/mol. The zero-order chi connectivity index (χ0) is 20.4. The van der Waals surface area contributed by atoms with Gasteiger partial charge in [0.1, 0.15) is 6.04 Å². The average molecular weight is 422 g/mol. The Hall–Kier alpha value is -2.24. The second-order valence-corrected chi connectivity index (χ2v) is 7.79. The molecule has 0 amide bonds. The van der Waals surface area contributed by atoms with E-state index in [1.807, 2.05) is 0 Å². The van der Waals surface area contributed by atoms with Crippen LogP contribution in [0.5, 0.6) is 0 Å². The Morgan fingerprint density at radius 1 is 1.22 bits per heavy atom. The lowest BCUT2D eigenvalue weighted by molar-refractivity contribution is -0.171. The first-order chi connectivity index (χ1) is 12.5. The molecule has 0 aliphatic rings. The first-order valence-electron chi connectivity index (χ1n) is 7.33. The molecule has 1 heterocycles. The highest BCUT2D eigenvalue weighted by Crippen LogP contribution is 2.39. The minimum atomic E-state index is -4.86. The van der Waals surface area contributed by atoms with Crippen LogP contribution in [0.2, 0.25) is 5.02 Å². The van der Waals surface area contributed by atoms with E-state index >= 15 is 0 Å². The topological polar surface area (TPSA) is 79.9 Å². The number of aryl methyl sites for hydroxylation is 1. The number of benzene rings is 1. The van der Waals surface area contributed by atoms with Crippen molar-refractivity contribution in [3.05, 3.63) is 52.5 Å². The molecule has 0 aliphatic carbocycles. The predicted molar refractivity (Wildman–Crippen MR) is 93.5 cm³/mol. The van der Waals surface area contributed by atoms with Gasteiger partial charge in [-0.25, -0.2) is 13.1 Å². The summed E-state index contributed by atoms with van der Waals surface area (Å²) in [6.45, 7) is 3.17. The lowest BCUT2D eigenvalue weighted by Gasteiger charge is -2.29. The van der Waals surface area contributed by atoms with Crippen molar-refractivity contribution >= 4 is 28.3 Å². The molecule has 0 N–H and O–H groups in total. The van der Waals surface area contributed by atoms with Gasteiger partial charge in [-0.2, -0.15) is 27.7 Å². The zero-order valence-corrected chi connectivity index (χ0v) is 15.8. The lowest BCUT2D eigenvalue weighted by Crippen LogP contribution is -2.40. The number of alkyl halides is 3. The largest absolute Gasteiger partial charge is 0.409 e. The third-order valence-corrected chi connectivity index (χ3v) is 5.60. The normalized spacial score (nSPS) is 14.4. The predicted octanol–water partition coefficient (Wildman–Crippen LogP) is 2.51. The van der Waals surface area contributed by atoms with Gasteiger partial charge in [-0.15, -0.1) is 5.10 Å². The standard InChI is InChI=1S/C15H15ClF3N5O2S/c1-20-21-12-8-9-13(22-23(12)2)27(25,26)24(3)14(15(17,18)19)10-4-6-11(16)7-5-10/h4-9,14H,1H2,2-3H3/b21-12-/t14-/m1/s1. The molecule has 0 saturated carbocycles. The molecule has 2 aromatic rings. The number of aromatic nitrogens is 2. The van der Waals surface area contributed by atoms with E-state index in [1.165, 1.54) is 25.2 Å². The molecule has 12 heteroatoms. The quantitative estimate of drug-likeness (QED) is 0.549. The summed E-state index contributed by atoms with van der Waals surface area (Å²) in [7, 11) is -2.35. The van der Waals surface area contributed by atoms with Crippen LogP contribution in [0.4, 0.5) is 13.2 Å². The van der Waals surface area contributed by atoms with Gasteiger partial charge >= 0.3 is 6.18 Å². The number of hydrogen-bond acceptors (Lipinski definition) is 5. The fourth-order valence-corrected chi connectivity index (χ4v) is 3.74. The van der Waals surface area contributed by atoms with Crippen molar-refractivity contribution in [3.63, 3.8) is 0 Å². The number of rotatable bonds is 5. The third-order valence-electron chi connectivity index (χ3n) is 3.63. The number of nitrogens with zero attached hydrogens (tertiary/aromatic N) is 5. The SMILES string of the molecule is C=N/N=c1/ccc(S(=O)(=O)N(C)[C@H](c2ccc(Cl)cc2)C(F)(F)F)nn1C. The number of hydrogen-bond donors (Lipinski definition) is 0. The van der Waals surface area contributed by atoms with Gasteiger partial charge in [-0.05, 0) is 29.8 Å². The van der Waals surface area contributed by atoms with E-state index in [4.69, 9.17) is 11.6 Å². The van der Waals surface area contributed by atoms with E-state index < -0.39 is 27.3 Å². The molecule has 0 unspecified atom stereocenters. The van der Waals surface area contributed by atoms with Crippen LogP contribution >= 0.6 is 11.6 Å². The average Bonchev–Trinajstić information content (AvgIpc) is 2.57. The highest BCUT2D eigenvalue weighted by atomic mass is 35.5. The molecule has 0 aliphatic heterocycles. The summed E-state index contributed by atoms with van der Waals surface area (Å²) >= 11 is 5.71. The molecular formula is C15H15ClF3N5O2S. The number of halogens is 4. The van der Waals surface area contributed by atoms with E-state index in [2.05, 4.69) is 22.0 Å². The monoisotopic (exact) mass is 421 g/mol. The van der Waals surface area contributed by atoms with Crippen LogP contribution in [-0.4, -0.2) is 42.4 Å². The molecule has 1 aromatic heterocycles. The van der Waals surface area contributed by atoms with Gasteiger partial charge in [0.05, 0.1) is 0 Å². The van der Waals surface area contributed by atoms with Gasteiger partial charge in [-0.1, -0.05) is 23.7 Å². The van der Waals surface area contributed by atoms with Crippen molar-refractivity contribution in [2.75, 3.05) is 7.05 Å². The van der Waals surface area contributed by atoms with Crippen LogP contribution in [0.3, 0.4) is 0 Å². The Morgan fingerprint density at radius 3 is 2.30 bits per heavy atom. The minimum Gasteiger partial charge on any atom is -0.248 e. The van der Waals surface area contributed by atoms with Crippen LogP contribution in [0.25, 0.3) is 0 Å². The molecule has 1 atom stereocenters. The first-order valence-corrected chi connectivity index (χ1v) is 9.14. The molecule has 2 rings (SSSR count). The maximum Gasteiger partial charge on any atom is 0.409 e. The Labute approximate surface area is 158 Å². The molecule has 0 fully saturated rings. The van der Waals surface area contributed by atoms with Crippen molar-refractivity contribution in [2.24, 2.45) is 17.3 Å². The molecule has 146 valence electrons. The maximum absolute atomic E-state index is 13.6. The molecule has 0 spiro atoms. The Bertz CT molecular complexity index is 1000. The van der Waals surface area contributed by atoms with Gasteiger partial charge < -0.3 is 0 Å². The Kier molecular flexibility index (Phi) is 6.07. The molecule has 7 nitrogen and oxygen atoms in total. The van der Waals surface area contributed by atoms with Crippen LogP contribution in [0, 0.1) is 0 Å². The summed E-state index contributed by atoms with van der Waals surface area (Å²) in [4.78, 5) is 0. The van der Waals surface area contributed by atoms with Gasteiger partial charge in [-0.3, -0.25) is 0 Å². The smallest absolute Gasteiger partial charge is 0.248 e. The molecule has 0 bridgehead atoms. The molecule has 1 aromatic carbocycles. The van der Waals surface area contributed by atoms with Crippen molar-refractivity contribution in [2.45, 2.75) is 17.2 Å².